The molecule has 12 nitrogen and oxygen atoms in total. The van der Waals surface area contributed by atoms with Crippen LogP contribution >= 0.6 is 47.0 Å². The summed E-state index contributed by atoms with van der Waals surface area (Å²) in [5.74, 6) is -44.3. The first-order chi connectivity index (χ1) is 41.7. The van der Waals surface area contributed by atoms with Gasteiger partial charge in [-0.2, -0.15) is 0 Å². The molecule has 3 aromatic heterocycles. The number of rotatable bonds is 20. The second-order valence-electron chi connectivity index (χ2n) is 18.3. The Labute approximate surface area is 497 Å². The Kier molecular flexibility index (Phi) is 18.8. The Morgan fingerprint density at radius 3 is 0.625 bits per heavy atom. The number of nitrogens with one attached hydrogen (secondary N) is 2. The molecule has 32 heteroatoms. The SMILES string of the molecule is O=C(O)CCSc1c(F)c(F)c(-c2c3nc(c(-c4c(F)c(F)c(SCCC(=O)O)c(F)c4F)c4ccc([nH]4)c(-c4c(F)c(F)c(SCCC(=O)O)c(F)c4F)c4nc(c(-c5c(F)c(F)c(SCCC(=O)O)c(F)c5F)c5ccc2[nH]5)C=C4)C=C3)c(F)c1F. The zero-order valence-corrected chi connectivity index (χ0v) is 46.5. The maximum absolute atomic E-state index is 16.8. The third-order valence-electron chi connectivity index (χ3n) is 12.9. The first-order valence-corrected chi connectivity index (χ1v) is 28.6. The van der Waals surface area contributed by atoms with E-state index in [0.717, 1.165) is 24.3 Å². The van der Waals surface area contributed by atoms with Crippen molar-refractivity contribution in [1.29, 1.82) is 0 Å². The van der Waals surface area contributed by atoms with E-state index in [1.165, 1.54) is 0 Å². The Morgan fingerprint density at radius 1 is 0.295 bits per heavy atom. The van der Waals surface area contributed by atoms with Gasteiger partial charge in [0, 0.05) is 67.3 Å². The number of aliphatic carboxylic acids is 4. The van der Waals surface area contributed by atoms with Gasteiger partial charge in [-0.25, -0.2) is 80.2 Å². The summed E-state index contributed by atoms with van der Waals surface area (Å²) in [5, 5.41) is 36.5. The molecule has 5 heterocycles. The van der Waals surface area contributed by atoms with Crippen molar-refractivity contribution >= 4 is 117 Å². The van der Waals surface area contributed by atoms with E-state index in [9.17, 15) is 19.2 Å². The van der Waals surface area contributed by atoms with Crippen LogP contribution in [0.15, 0.2) is 43.8 Å². The van der Waals surface area contributed by atoms with Gasteiger partial charge in [0.15, 0.2) is 93.1 Å². The number of thioether (sulfide) groups is 4. The maximum Gasteiger partial charge on any atom is 0.304 e. The quantitative estimate of drug-likeness (QED) is 0.0239. The molecule has 0 spiro atoms. The van der Waals surface area contributed by atoms with Crippen LogP contribution in [-0.4, -0.2) is 87.3 Å². The van der Waals surface area contributed by atoms with E-state index in [2.05, 4.69) is 19.9 Å². The fourth-order valence-electron chi connectivity index (χ4n) is 9.05. The molecule has 88 heavy (non-hydrogen) atoms. The van der Waals surface area contributed by atoms with Gasteiger partial charge in [0.1, 0.15) is 0 Å². The predicted octanol–water partition coefficient (Wildman–Crippen LogP) is 15.8. The lowest BCUT2D eigenvalue weighted by atomic mass is 10.0. The van der Waals surface area contributed by atoms with Gasteiger partial charge >= 0.3 is 23.9 Å². The second kappa shape index (κ2) is 25.8. The summed E-state index contributed by atoms with van der Waals surface area (Å²) in [5.41, 5.74) is -18.7. The number of H-pyrrole nitrogens is 2. The van der Waals surface area contributed by atoms with Crippen LogP contribution in [0.2, 0.25) is 0 Å². The normalized spacial score (nSPS) is 12.0. The molecule has 0 unspecified atom stereocenters. The van der Waals surface area contributed by atoms with Crippen molar-refractivity contribution in [2.75, 3.05) is 23.0 Å². The molecule has 0 saturated carbocycles. The van der Waals surface area contributed by atoms with E-state index in [-0.39, 0.29) is 47.0 Å². The van der Waals surface area contributed by atoms with Crippen LogP contribution in [-0.2, 0) is 19.2 Å². The van der Waals surface area contributed by atoms with E-state index >= 15 is 70.2 Å². The number of nitrogens with zero attached hydrogens (tertiary/aromatic N) is 2. The number of carboxylic acids is 4. The number of halogens is 16. The first kappa shape index (κ1) is 64.1. The van der Waals surface area contributed by atoms with Crippen molar-refractivity contribution in [3.63, 3.8) is 0 Å². The molecule has 9 rings (SSSR count). The van der Waals surface area contributed by atoms with Crippen molar-refractivity contribution < 1.29 is 110 Å². The highest BCUT2D eigenvalue weighted by atomic mass is 32.2. The second-order valence-corrected chi connectivity index (χ2v) is 22.7. The third-order valence-corrected chi connectivity index (χ3v) is 17.1. The highest BCUT2D eigenvalue weighted by molar-refractivity contribution is 8.00. The minimum atomic E-state index is -2.27. The number of carbonyl (C=O) groups is 4. The molecule has 0 amide bonds. The van der Waals surface area contributed by atoms with Gasteiger partial charge < -0.3 is 30.4 Å². The Balaban J connectivity index is 1.50. The fraction of sp³-hybridized carbons (Fsp3) is 0.143. The standard InChI is InChI=1S/C56H30F16N4O8S4/c57-37-33(38(58)46(66)53(45(37)65)85-13-9-25(77)78)29-17-1-2-18(73-17)30(34-39(59)47(67)54(48(68)40(34)60)86-14-10-26(79)80)20-5-6-22(75-20)32(36-43(63)51(71)56(52(72)44(36)64)88-16-12-28(83)84)24-8-7-23(76-24)31(21-4-3-19(29)74-21)35-41(61)49(69)55(50(70)42(35)62)87-15-11-27(81)82/h1-8,73,76H,9-16H2,(H,77,78)(H,79,80)(H,81,82)(H,83,84). The predicted molar refractivity (Wildman–Crippen MR) is 292 cm³/mol. The highest BCUT2D eigenvalue weighted by Gasteiger charge is 2.36. The van der Waals surface area contributed by atoms with Gasteiger partial charge in [0.2, 0.25) is 0 Å². The molecule has 6 N–H and O–H groups in total. The smallest absolute Gasteiger partial charge is 0.304 e. The van der Waals surface area contributed by atoms with Crippen LogP contribution in [0, 0.1) is 93.1 Å². The summed E-state index contributed by atoms with van der Waals surface area (Å²) < 4.78 is 264. The number of fused-ring (bicyclic) bond motifs is 8. The topological polar surface area (TPSA) is 207 Å². The van der Waals surface area contributed by atoms with Crippen molar-refractivity contribution in [2.24, 2.45) is 0 Å². The Bertz CT molecular complexity index is 3770. The molecule has 0 aliphatic carbocycles. The zero-order chi connectivity index (χ0) is 64.1. The number of aromatic amines is 2. The third kappa shape index (κ3) is 11.9. The van der Waals surface area contributed by atoms with Crippen LogP contribution in [0.25, 0.3) is 90.9 Å². The molecule has 0 atom stereocenters. The van der Waals surface area contributed by atoms with Crippen molar-refractivity contribution in [3.05, 3.63) is 140 Å². The Morgan fingerprint density at radius 2 is 0.466 bits per heavy atom. The van der Waals surface area contributed by atoms with Gasteiger partial charge in [0.25, 0.3) is 0 Å². The van der Waals surface area contributed by atoms with Gasteiger partial charge in [-0.05, 0) is 48.6 Å². The van der Waals surface area contributed by atoms with Crippen molar-refractivity contribution in [2.45, 2.75) is 45.3 Å². The first-order valence-electron chi connectivity index (χ1n) is 24.7. The van der Waals surface area contributed by atoms with E-state index in [4.69, 9.17) is 20.4 Å². The lowest BCUT2D eigenvalue weighted by Gasteiger charge is -2.14. The number of hydrogen-bond acceptors (Lipinski definition) is 10. The van der Waals surface area contributed by atoms with Crippen LogP contribution in [0.5, 0.6) is 0 Å². The monoisotopic (exact) mass is 1320 g/mol. The van der Waals surface area contributed by atoms with E-state index in [0.29, 0.717) is 24.3 Å². The number of benzene rings is 4. The summed E-state index contributed by atoms with van der Waals surface area (Å²) >= 11 is 0.0200. The molecule has 8 bridgehead atoms. The molecule has 0 radical (unpaired) electrons. The van der Waals surface area contributed by atoms with Gasteiger partial charge in [0.05, 0.1) is 90.3 Å². The number of hydrogen-bond donors (Lipinski definition) is 6. The molecule has 2 aliphatic heterocycles. The van der Waals surface area contributed by atoms with Crippen molar-refractivity contribution in [1.82, 2.24) is 19.9 Å². The van der Waals surface area contributed by atoms with Gasteiger partial charge in [-0.15, -0.1) is 47.0 Å². The zero-order valence-electron chi connectivity index (χ0n) is 43.3. The number of aromatic nitrogens is 4. The van der Waals surface area contributed by atoms with Gasteiger partial charge in [-0.3, -0.25) is 19.2 Å². The highest BCUT2D eigenvalue weighted by Crippen LogP contribution is 2.47. The minimum Gasteiger partial charge on any atom is -0.481 e. The number of carboxylic acid groups (broad SMARTS) is 4. The average molecular weight is 1320 g/mol. The summed E-state index contributed by atoms with van der Waals surface area (Å²) in [4.78, 5) is 52.5. The summed E-state index contributed by atoms with van der Waals surface area (Å²) in [6.45, 7) is 0. The lowest BCUT2D eigenvalue weighted by molar-refractivity contribution is -0.137. The molecule has 0 fully saturated rings. The van der Waals surface area contributed by atoms with Gasteiger partial charge in [-0.1, -0.05) is 0 Å². The van der Waals surface area contributed by atoms with E-state index in [1.807, 2.05) is 0 Å². The molecular weight excluding hydrogens is 1290 g/mol. The maximum atomic E-state index is 16.8. The van der Waals surface area contributed by atoms with Crippen LogP contribution in [0.4, 0.5) is 70.2 Å². The lowest BCUT2D eigenvalue weighted by Crippen LogP contribution is -2.06. The molecule has 0 saturated heterocycles. The largest absolute Gasteiger partial charge is 0.481 e. The minimum absolute atomic E-state index is 0.00501. The summed E-state index contributed by atoms with van der Waals surface area (Å²) in [7, 11) is 0. The molecule has 7 aromatic rings. The molecular formula is C56H30F16N4O8S4. The van der Waals surface area contributed by atoms with Crippen LogP contribution in [0.1, 0.15) is 48.5 Å². The van der Waals surface area contributed by atoms with Crippen LogP contribution < -0.4 is 0 Å². The van der Waals surface area contributed by atoms with Crippen LogP contribution in [0.3, 0.4) is 0 Å². The van der Waals surface area contributed by atoms with E-state index in [1.54, 1.807) is 0 Å². The summed E-state index contributed by atoms with van der Waals surface area (Å²) in [6, 6.07) is 2.94. The molecule has 4 aromatic carbocycles. The van der Waals surface area contributed by atoms with Crippen molar-refractivity contribution in [3.8, 4) is 44.5 Å². The van der Waals surface area contributed by atoms with E-state index < -0.39 is 275 Å². The average Bonchev–Trinajstić information content (AvgIpc) is 2.02. The molecule has 458 valence electrons. The molecule has 2 aliphatic rings. The Hall–Kier alpha value is -8.36. The summed E-state index contributed by atoms with van der Waals surface area (Å²) in [6.07, 6.45) is -0.358. The fourth-order valence-corrected chi connectivity index (χ4v) is 12.7.